The van der Waals surface area contributed by atoms with E-state index in [0.29, 0.717) is 5.57 Å². The molecule has 128 valence electrons. The van der Waals surface area contributed by atoms with Crippen molar-refractivity contribution in [1.29, 1.82) is 0 Å². The third-order valence-electron chi connectivity index (χ3n) is 5.18. The van der Waals surface area contributed by atoms with Gasteiger partial charge in [0.05, 0.1) is 11.2 Å². The third-order valence-corrected chi connectivity index (χ3v) is 5.67. The Morgan fingerprint density at radius 2 is 1.75 bits per heavy atom. The predicted molar refractivity (Wildman–Crippen MR) is 100 cm³/mol. The van der Waals surface area contributed by atoms with E-state index in [2.05, 4.69) is 15.9 Å². The molecule has 1 saturated heterocycles. The van der Waals surface area contributed by atoms with Crippen molar-refractivity contribution in [1.82, 2.24) is 4.57 Å². The molecular weight excluding hydrogens is 372 g/mol. The lowest BCUT2D eigenvalue weighted by atomic mass is 9.83. The van der Waals surface area contributed by atoms with E-state index in [1.807, 2.05) is 63.7 Å². The molecule has 0 unspecified atom stereocenters. The van der Waals surface area contributed by atoms with Crippen LogP contribution >= 0.6 is 15.9 Å². The normalized spacial score (nSPS) is 20.6. The lowest BCUT2D eigenvalue weighted by Gasteiger charge is -2.32. The fraction of sp³-hybridized carbons (Fsp3) is 0.444. The summed E-state index contributed by atoms with van der Waals surface area (Å²) in [5.41, 5.74) is 0.954. The number of allylic oxidation sites excluding steroid dienone is 1. The lowest BCUT2D eigenvalue weighted by molar-refractivity contribution is 0.00578. The molecule has 0 bridgehead atoms. The second kappa shape index (κ2) is 5.72. The topological polar surface area (TPSA) is 23.4 Å². The van der Waals surface area contributed by atoms with Crippen molar-refractivity contribution in [3.63, 3.8) is 0 Å². The molecule has 2 aromatic rings. The summed E-state index contributed by atoms with van der Waals surface area (Å²) in [6.45, 7) is 9.46. The Bertz CT molecular complexity index is 825. The summed E-state index contributed by atoms with van der Waals surface area (Å²) in [5.74, 6) is 0. The minimum atomic E-state index is -0.972. The Balaban J connectivity index is 2.05. The molecule has 3 rings (SSSR count). The SMILES string of the molecule is CC(=C(F)B1OC(C)(C)C(C)(C)O1)c1cn(C)c2cc(Br)ccc12. The Morgan fingerprint density at radius 3 is 2.33 bits per heavy atom. The maximum Gasteiger partial charge on any atom is 0.525 e. The number of benzene rings is 1. The summed E-state index contributed by atoms with van der Waals surface area (Å²) < 4.78 is 29.8. The van der Waals surface area contributed by atoms with Crippen molar-refractivity contribution in [3.8, 4) is 0 Å². The van der Waals surface area contributed by atoms with Gasteiger partial charge in [-0.05, 0) is 52.3 Å². The van der Waals surface area contributed by atoms with Crippen LogP contribution in [0.2, 0.25) is 0 Å². The second-order valence-corrected chi connectivity index (χ2v) is 8.29. The van der Waals surface area contributed by atoms with Gasteiger partial charge in [0.15, 0.2) is 0 Å². The zero-order chi connectivity index (χ0) is 17.9. The van der Waals surface area contributed by atoms with Crippen LogP contribution in [0.3, 0.4) is 0 Å². The Hall–Kier alpha value is -1.11. The molecule has 1 aliphatic heterocycles. The number of rotatable bonds is 2. The van der Waals surface area contributed by atoms with Crippen LogP contribution in [0.15, 0.2) is 34.6 Å². The van der Waals surface area contributed by atoms with Crippen LogP contribution in [0.25, 0.3) is 16.5 Å². The summed E-state index contributed by atoms with van der Waals surface area (Å²) in [4.78, 5) is 0. The second-order valence-electron chi connectivity index (χ2n) is 7.38. The Kier molecular flexibility index (Phi) is 4.22. The number of halogens is 2. The molecule has 24 heavy (non-hydrogen) atoms. The number of fused-ring (bicyclic) bond motifs is 1. The molecule has 2 heterocycles. The molecule has 0 radical (unpaired) electrons. The van der Waals surface area contributed by atoms with Crippen LogP contribution < -0.4 is 0 Å². The molecule has 0 atom stereocenters. The standard InChI is InChI=1S/C18H22BBrFNO2/c1-11(16(21)19-23-17(2,3)18(4,5)24-19)14-10-22(6)15-9-12(20)7-8-13(14)15/h7-10H,1-6H3. The molecule has 0 spiro atoms. The van der Waals surface area contributed by atoms with Crippen molar-refractivity contribution in [2.24, 2.45) is 7.05 Å². The van der Waals surface area contributed by atoms with Gasteiger partial charge in [0.25, 0.3) is 0 Å². The lowest BCUT2D eigenvalue weighted by Crippen LogP contribution is -2.41. The minimum Gasteiger partial charge on any atom is -0.398 e. The van der Waals surface area contributed by atoms with Crippen LogP contribution in [0.1, 0.15) is 40.2 Å². The van der Waals surface area contributed by atoms with E-state index in [4.69, 9.17) is 9.31 Å². The molecular formula is C18H22BBrFNO2. The number of nitrogens with zero attached hydrogens (tertiary/aromatic N) is 1. The van der Waals surface area contributed by atoms with Gasteiger partial charge in [-0.15, -0.1) is 0 Å². The molecule has 0 saturated carbocycles. The van der Waals surface area contributed by atoms with Crippen LogP contribution in [0.4, 0.5) is 4.39 Å². The van der Waals surface area contributed by atoms with Crippen LogP contribution in [-0.4, -0.2) is 22.9 Å². The van der Waals surface area contributed by atoms with Gasteiger partial charge in [-0.3, -0.25) is 0 Å². The van der Waals surface area contributed by atoms with Crippen molar-refractivity contribution in [3.05, 3.63) is 40.2 Å². The Morgan fingerprint density at radius 1 is 1.17 bits per heavy atom. The fourth-order valence-corrected chi connectivity index (χ4v) is 3.26. The first-order valence-electron chi connectivity index (χ1n) is 8.00. The monoisotopic (exact) mass is 393 g/mol. The van der Waals surface area contributed by atoms with Gasteiger partial charge in [-0.1, -0.05) is 22.0 Å². The van der Waals surface area contributed by atoms with Crippen molar-refractivity contribution < 1.29 is 13.7 Å². The van der Waals surface area contributed by atoms with Crippen molar-refractivity contribution in [2.75, 3.05) is 0 Å². The summed E-state index contributed by atoms with van der Waals surface area (Å²) in [6.07, 6.45) is 1.94. The van der Waals surface area contributed by atoms with E-state index in [1.54, 1.807) is 6.92 Å². The van der Waals surface area contributed by atoms with Gasteiger partial charge in [0.2, 0.25) is 0 Å². The molecule has 0 aliphatic carbocycles. The van der Waals surface area contributed by atoms with E-state index in [9.17, 15) is 0 Å². The summed E-state index contributed by atoms with van der Waals surface area (Å²) >= 11 is 3.48. The summed E-state index contributed by atoms with van der Waals surface area (Å²) in [7, 11) is 0.985. The molecule has 1 aromatic heterocycles. The van der Waals surface area contributed by atoms with Crippen LogP contribution in [0, 0.1) is 0 Å². The highest BCUT2D eigenvalue weighted by molar-refractivity contribution is 9.10. The average molecular weight is 394 g/mol. The predicted octanol–water partition coefficient (Wildman–Crippen LogP) is 5.27. The quantitative estimate of drug-likeness (QED) is 0.648. The van der Waals surface area contributed by atoms with E-state index in [-0.39, 0.29) is 5.73 Å². The highest BCUT2D eigenvalue weighted by Gasteiger charge is 2.53. The number of aromatic nitrogens is 1. The van der Waals surface area contributed by atoms with Crippen LogP contribution in [0.5, 0.6) is 0 Å². The van der Waals surface area contributed by atoms with Crippen molar-refractivity contribution in [2.45, 2.75) is 45.8 Å². The Labute approximate surface area is 151 Å². The number of hydrogen-bond acceptors (Lipinski definition) is 2. The van der Waals surface area contributed by atoms with E-state index in [0.717, 1.165) is 20.9 Å². The van der Waals surface area contributed by atoms with Gasteiger partial charge in [-0.25, -0.2) is 4.39 Å². The largest absolute Gasteiger partial charge is 0.525 e. The van der Waals surface area contributed by atoms with Gasteiger partial charge >= 0.3 is 7.12 Å². The van der Waals surface area contributed by atoms with Gasteiger partial charge in [0, 0.05) is 34.2 Å². The smallest absolute Gasteiger partial charge is 0.398 e. The number of hydrogen-bond donors (Lipinski definition) is 0. The molecule has 0 N–H and O–H groups in total. The maximum absolute atomic E-state index is 15.1. The summed E-state index contributed by atoms with van der Waals surface area (Å²) in [5, 5.41) is 1.00. The van der Waals surface area contributed by atoms with Crippen LogP contribution in [-0.2, 0) is 16.4 Å². The highest BCUT2D eigenvalue weighted by atomic mass is 79.9. The molecule has 3 nitrogen and oxygen atoms in total. The van der Waals surface area contributed by atoms with Gasteiger partial charge in [0.1, 0.15) is 5.73 Å². The molecule has 0 amide bonds. The third kappa shape index (κ3) is 2.74. The number of aryl methyl sites for hydroxylation is 1. The molecule has 1 aliphatic rings. The molecule has 6 heteroatoms. The van der Waals surface area contributed by atoms with Gasteiger partial charge in [-0.2, -0.15) is 0 Å². The van der Waals surface area contributed by atoms with Gasteiger partial charge < -0.3 is 13.9 Å². The molecule has 1 aromatic carbocycles. The average Bonchev–Trinajstić information content (AvgIpc) is 2.91. The van der Waals surface area contributed by atoms with Crippen molar-refractivity contribution >= 4 is 39.5 Å². The minimum absolute atomic E-state index is 0.371. The van der Waals surface area contributed by atoms with E-state index < -0.39 is 18.3 Å². The fourth-order valence-electron chi connectivity index (χ4n) is 2.91. The maximum atomic E-state index is 15.1. The highest BCUT2D eigenvalue weighted by Crippen LogP contribution is 2.41. The first-order chi connectivity index (χ1) is 11.0. The first-order valence-corrected chi connectivity index (χ1v) is 8.80. The van der Waals surface area contributed by atoms with E-state index >= 15 is 4.39 Å². The first kappa shape index (κ1) is 17.7. The molecule has 1 fully saturated rings. The van der Waals surface area contributed by atoms with E-state index in [1.165, 1.54) is 0 Å². The zero-order valence-electron chi connectivity index (χ0n) is 14.9. The summed E-state index contributed by atoms with van der Waals surface area (Å²) in [6, 6.07) is 5.99. The zero-order valence-corrected chi connectivity index (χ0v) is 16.5.